The molecule has 0 saturated heterocycles. The van der Waals surface area contributed by atoms with Gasteiger partial charge < -0.3 is 29.7 Å². The molecule has 0 unspecified atom stereocenters. The first-order valence-corrected chi connectivity index (χ1v) is 17.0. The van der Waals surface area contributed by atoms with Gasteiger partial charge in [-0.15, -0.1) is 0 Å². The fourth-order valence-electron chi connectivity index (χ4n) is 6.96. The zero-order valence-electron chi connectivity index (χ0n) is 27.6. The van der Waals surface area contributed by atoms with Crippen LogP contribution in [-0.4, -0.2) is 49.5 Å². The number of H-pyrrole nitrogens is 3. The van der Waals surface area contributed by atoms with Crippen LogP contribution < -0.4 is 14.7 Å². The van der Waals surface area contributed by atoms with Crippen molar-refractivity contribution in [3.8, 4) is 0 Å². The Kier molecular flexibility index (Phi) is 9.47. The average Bonchev–Trinajstić information content (AvgIpc) is 3.94. The summed E-state index contributed by atoms with van der Waals surface area (Å²) in [6, 6.07) is 19.4. The molecule has 10 heteroatoms. The van der Waals surface area contributed by atoms with Gasteiger partial charge in [-0.25, -0.2) is 15.0 Å². The summed E-state index contributed by atoms with van der Waals surface area (Å²) >= 11 is 6.23. The molecule has 0 saturated carbocycles. The third-order valence-electron chi connectivity index (χ3n) is 9.25. The van der Waals surface area contributed by atoms with Gasteiger partial charge >= 0.3 is 0 Å². The molecule has 0 radical (unpaired) electrons. The minimum absolute atomic E-state index is 0.795. The second kappa shape index (κ2) is 14.4. The summed E-state index contributed by atoms with van der Waals surface area (Å²) in [5.74, 6) is 3.05. The van der Waals surface area contributed by atoms with Crippen LogP contribution in [0.5, 0.6) is 0 Å². The van der Waals surface area contributed by atoms with Crippen molar-refractivity contribution >= 4 is 28.7 Å². The Balaban J connectivity index is 0.000000114. The summed E-state index contributed by atoms with van der Waals surface area (Å²) in [6.07, 6.45) is 14.4. The van der Waals surface area contributed by atoms with E-state index >= 15 is 0 Å². The Morgan fingerprint density at radius 3 is 1.73 bits per heavy atom. The zero-order chi connectivity index (χ0) is 32.9. The van der Waals surface area contributed by atoms with E-state index in [1.807, 2.05) is 43.1 Å². The first kappa shape index (κ1) is 31.6. The van der Waals surface area contributed by atoms with Gasteiger partial charge in [-0.3, -0.25) is 0 Å². The molecule has 3 aliphatic heterocycles. The second-order valence-electron chi connectivity index (χ2n) is 12.6. The number of hydrogen-bond donors (Lipinski definition) is 3. The summed E-state index contributed by atoms with van der Waals surface area (Å²) < 4.78 is 0. The molecule has 0 bridgehead atoms. The molecule has 3 N–H and O–H groups in total. The van der Waals surface area contributed by atoms with E-state index in [0.29, 0.717) is 0 Å². The van der Waals surface area contributed by atoms with Crippen molar-refractivity contribution in [1.82, 2.24) is 29.9 Å². The van der Waals surface area contributed by atoms with Gasteiger partial charge in [0.1, 0.15) is 17.5 Å². The number of aryl methyl sites for hydroxylation is 2. The SMILES string of the molecule is Cc1ccc2c(c1)N(Cc1ncc[nH]1)CC2.Cc1cccc2c1N(Cc1ncc[nH]1)CC2.Clc1cccc2c1N(Cc1ncc[nH]1)CC2. The highest BCUT2D eigenvalue weighted by molar-refractivity contribution is 6.33. The number of nitrogens with zero attached hydrogens (tertiary/aromatic N) is 6. The lowest BCUT2D eigenvalue weighted by Gasteiger charge is -2.19. The number of hydrogen-bond acceptors (Lipinski definition) is 6. The van der Waals surface area contributed by atoms with Gasteiger partial charge in [0.2, 0.25) is 0 Å². The van der Waals surface area contributed by atoms with Gasteiger partial charge in [-0.1, -0.05) is 54.1 Å². The molecular weight excluding hydrogens is 618 g/mol. The Morgan fingerprint density at radius 1 is 0.604 bits per heavy atom. The molecule has 0 amide bonds. The van der Waals surface area contributed by atoms with Gasteiger partial charge in [-0.2, -0.15) is 0 Å². The minimum atomic E-state index is 0.795. The van der Waals surface area contributed by atoms with Crippen molar-refractivity contribution in [3.63, 3.8) is 0 Å². The summed E-state index contributed by atoms with van der Waals surface area (Å²) in [6.45, 7) is 10.1. The number of fused-ring (bicyclic) bond motifs is 3. The highest BCUT2D eigenvalue weighted by Gasteiger charge is 2.23. The van der Waals surface area contributed by atoms with Crippen LogP contribution in [0, 0.1) is 13.8 Å². The number of benzene rings is 3. The number of aromatic nitrogens is 6. The van der Waals surface area contributed by atoms with Crippen LogP contribution in [0.15, 0.2) is 91.8 Å². The summed E-state index contributed by atoms with van der Waals surface area (Å²) in [7, 11) is 0. The normalized spacial score (nSPS) is 14.2. The van der Waals surface area contributed by atoms with E-state index in [9.17, 15) is 0 Å². The maximum Gasteiger partial charge on any atom is 0.125 e. The van der Waals surface area contributed by atoms with Gasteiger partial charge in [0.15, 0.2) is 0 Å². The lowest BCUT2D eigenvalue weighted by molar-refractivity contribution is 0.796. The summed E-state index contributed by atoms with van der Waals surface area (Å²) in [5, 5.41) is 0.835. The van der Waals surface area contributed by atoms with Crippen LogP contribution in [0.2, 0.25) is 5.02 Å². The molecule has 246 valence electrons. The molecule has 0 fully saturated rings. The third kappa shape index (κ3) is 7.11. The van der Waals surface area contributed by atoms with E-state index in [1.54, 1.807) is 6.20 Å². The van der Waals surface area contributed by atoms with Crippen LogP contribution in [-0.2, 0) is 38.9 Å². The number of aromatic amines is 3. The van der Waals surface area contributed by atoms with Crippen molar-refractivity contribution in [2.24, 2.45) is 0 Å². The molecule has 0 atom stereocenters. The molecule has 0 aliphatic carbocycles. The molecule has 0 spiro atoms. The summed E-state index contributed by atoms with van der Waals surface area (Å²) in [5.41, 5.74) is 10.9. The number of para-hydroxylation sites is 2. The molecular formula is C38H42ClN9. The lowest BCUT2D eigenvalue weighted by Crippen LogP contribution is -2.21. The van der Waals surface area contributed by atoms with Crippen LogP contribution in [0.1, 0.15) is 45.3 Å². The van der Waals surface area contributed by atoms with Gasteiger partial charge in [0, 0.05) is 68.2 Å². The van der Waals surface area contributed by atoms with Crippen molar-refractivity contribution < 1.29 is 0 Å². The molecule has 6 heterocycles. The smallest absolute Gasteiger partial charge is 0.125 e. The van der Waals surface area contributed by atoms with Crippen molar-refractivity contribution in [3.05, 3.63) is 142 Å². The highest BCUT2D eigenvalue weighted by atomic mass is 35.5. The Hall–Kier alpha value is -5.02. The quantitative estimate of drug-likeness (QED) is 0.175. The molecule has 3 aromatic heterocycles. The van der Waals surface area contributed by atoms with Gasteiger partial charge in [0.25, 0.3) is 0 Å². The van der Waals surface area contributed by atoms with Crippen LogP contribution in [0.3, 0.4) is 0 Å². The van der Waals surface area contributed by atoms with E-state index in [-0.39, 0.29) is 0 Å². The topological polar surface area (TPSA) is 95.8 Å². The minimum Gasteiger partial charge on any atom is -0.363 e. The molecule has 3 aromatic carbocycles. The van der Waals surface area contributed by atoms with Gasteiger partial charge in [-0.05, 0) is 73.1 Å². The van der Waals surface area contributed by atoms with Gasteiger partial charge in [0.05, 0.1) is 30.3 Å². The molecule has 3 aliphatic rings. The van der Waals surface area contributed by atoms with E-state index < -0.39 is 0 Å². The fourth-order valence-corrected chi connectivity index (χ4v) is 7.27. The molecule has 9 nitrogen and oxygen atoms in total. The maximum absolute atomic E-state index is 6.23. The lowest BCUT2D eigenvalue weighted by atomic mass is 10.1. The van der Waals surface area contributed by atoms with Crippen LogP contribution in [0.4, 0.5) is 17.1 Å². The van der Waals surface area contributed by atoms with Crippen LogP contribution in [0.25, 0.3) is 0 Å². The Labute approximate surface area is 287 Å². The standard InChI is InChI=1S/2C13H15N3.C12H12ClN3/c1-10-2-3-11-4-7-16(12(11)8-10)9-13-14-5-6-15-13;1-10-3-2-4-11-5-8-16(13(10)11)9-12-14-6-7-15-12;13-10-3-1-2-9-4-7-16(12(9)10)8-11-14-5-6-15-11/h2-3,5-6,8H,4,7,9H2,1H3,(H,14,15);2-4,6-7H,5,8-9H2,1H3,(H,14,15);1-3,5-6H,4,7-8H2,(H,14,15). The zero-order valence-corrected chi connectivity index (χ0v) is 28.3. The van der Waals surface area contributed by atoms with Crippen LogP contribution >= 0.6 is 11.6 Å². The van der Waals surface area contributed by atoms with E-state index in [1.165, 1.54) is 44.9 Å². The van der Waals surface area contributed by atoms with Crippen molar-refractivity contribution in [2.75, 3.05) is 34.3 Å². The summed E-state index contributed by atoms with van der Waals surface area (Å²) in [4.78, 5) is 29.3. The molecule has 9 rings (SSSR count). The fraction of sp³-hybridized carbons (Fsp3) is 0.289. The number of imidazole rings is 3. The van der Waals surface area contributed by atoms with Crippen molar-refractivity contribution in [1.29, 1.82) is 0 Å². The number of nitrogens with one attached hydrogen (secondary N) is 3. The molecule has 48 heavy (non-hydrogen) atoms. The van der Waals surface area contributed by atoms with Crippen molar-refractivity contribution in [2.45, 2.75) is 52.7 Å². The predicted octanol–water partition coefficient (Wildman–Crippen LogP) is 7.19. The average molecular weight is 660 g/mol. The second-order valence-corrected chi connectivity index (χ2v) is 13.0. The predicted molar refractivity (Wildman–Crippen MR) is 194 cm³/mol. The first-order chi connectivity index (χ1) is 23.5. The Morgan fingerprint density at radius 2 is 1.12 bits per heavy atom. The monoisotopic (exact) mass is 659 g/mol. The number of anilines is 3. The highest BCUT2D eigenvalue weighted by Crippen LogP contribution is 2.36. The first-order valence-electron chi connectivity index (χ1n) is 16.7. The number of halogens is 1. The molecule has 6 aromatic rings. The van der Waals surface area contributed by atoms with E-state index in [4.69, 9.17) is 11.6 Å². The number of rotatable bonds is 6. The largest absolute Gasteiger partial charge is 0.363 e. The Bertz CT molecular complexity index is 1820. The van der Waals surface area contributed by atoms with E-state index in [0.717, 1.165) is 81.0 Å². The third-order valence-corrected chi connectivity index (χ3v) is 9.55. The van der Waals surface area contributed by atoms with E-state index in [2.05, 4.69) is 101 Å². The maximum atomic E-state index is 6.23.